The highest BCUT2D eigenvalue weighted by molar-refractivity contribution is 6.01. The highest BCUT2D eigenvalue weighted by Crippen LogP contribution is 2.22. The summed E-state index contributed by atoms with van der Waals surface area (Å²) in [6.45, 7) is 1.31. The van der Waals surface area contributed by atoms with Crippen LogP contribution in [0.15, 0.2) is 12.1 Å². The molecule has 0 bridgehead atoms. The van der Waals surface area contributed by atoms with E-state index in [2.05, 4.69) is 10.6 Å². The summed E-state index contributed by atoms with van der Waals surface area (Å²) in [5.41, 5.74) is -0.701. The van der Waals surface area contributed by atoms with Gasteiger partial charge in [-0.1, -0.05) is 0 Å². The number of anilines is 1. The van der Waals surface area contributed by atoms with Gasteiger partial charge in [-0.3, -0.25) is 4.79 Å². The van der Waals surface area contributed by atoms with Gasteiger partial charge < -0.3 is 15.7 Å². The number of carbonyl (C=O) groups excluding carboxylic acids is 1. The Bertz CT molecular complexity index is 543. The summed E-state index contributed by atoms with van der Waals surface area (Å²) in [5.74, 6) is -4.60. The zero-order chi connectivity index (χ0) is 14.7. The Morgan fingerprint density at radius 3 is 2.60 bits per heavy atom. The number of benzene rings is 1. The first-order chi connectivity index (χ1) is 9.49. The van der Waals surface area contributed by atoms with E-state index < -0.39 is 29.1 Å². The second-order valence-electron chi connectivity index (χ2n) is 4.65. The maximum Gasteiger partial charge on any atom is 0.337 e. The summed E-state index contributed by atoms with van der Waals surface area (Å²) < 4.78 is 26.2. The number of piperidine rings is 1. The normalized spacial score (nSPS) is 18.6. The molecule has 0 saturated carbocycles. The molecule has 0 spiro atoms. The van der Waals surface area contributed by atoms with Gasteiger partial charge in [-0.05, 0) is 25.5 Å². The first-order valence-corrected chi connectivity index (χ1v) is 6.23. The number of rotatable bonds is 3. The third-order valence-electron chi connectivity index (χ3n) is 3.22. The summed E-state index contributed by atoms with van der Waals surface area (Å²) in [6, 6.07) is 1.25. The van der Waals surface area contributed by atoms with E-state index >= 15 is 0 Å². The number of carbonyl (C=O) groups is 2. The van der Waals surface area contributed by atoms with Crippen molar-refractivity contribution in [1.82, 2.24) is 5.32 Å². The van der Waals surface area contributed by atoms with Gasteiger partial charge in [0.1, 0.15) is 0 Å². The molecular formula is C13H14F2N2O3. The first-order valence-electron chi connectivity index (χ1n) is 6.23. The van der Waals surface area contributed by atoms with Crippen LogP contribution >= 0.6 is 0 Å². The predicted molar refractivity (Wildman–Crippen MR) is 67.5 cm³/mol. The number of aromatic carboxylic acids is 1. The quantitative estimate of drug-likeness (QED) is 0.788. The van der Waals surface area contributed by atoms with E-state index in [1.54, 1.807) is 0 Å². The fourth-order valence-corrected chi connectivity index (χ4v) is 2.14. The van der Waals surface area contributed by atoms with Crippen LogP contribution in [0.3, 0.4) is 0 Å². The van der Waals surface area contributed by atoms with E-state index in [4.69, 9.17) is 5.11 Å². The number of hydrogen-bond acceptors (Lipinski definition) is 3. The molecule has 1 aliphatic heterocycles. The number of nitrogens with one attached hydrogen (secondary N) is 2. The minimum absolute atomic E-state index is 0.230. The lowest BCUT2D eigenvalue weighted by molar-refractivity contribution is -0.120. The number of carboxylic acid groups (broad SMARTS) is 1. The van der Waals surface area contributed by atoms with Crippen LogP contribution in [0.1, 0.15) is 23.2 Å². The van der Waals surface area contributed by atoms with Crippen LogP contribution in [-0.4, -0.2) is 30.1 Å². The molecule has 5 nitrogen and oxygen atoms in total. The van der Waals surface area contributed by atoms with Gasteiger partial charge in [0.05, 0.1) is 17.2 Å². The van der Waals surface area contributed by atoms with Crippen LogP contribution in [0, 0.1) is 17.6 Å². The van der Waals surface area contributed by atoms with Crippen molar-refractivity contribution in [1.29, 1.82) is 0 Å². The molecule has 3 N–H and O–H groups in total. The Hall–Kier alpha value is -2.02. The van der Waals surface area contributed by atoms with Crippen molar-refractivity contribution in [3.05, 3.63) is 29.3 Å². The summed E-state index contributed by atoms with van der Waals surface area (Å²) in [5, 5.41) is 14.4. The average molecular weight is 284 g/mol. The lowest BCUT2D eigenvalue weighted by atomic mass is 9.98. The third-order valence-corrected chi connectivity index (χ3v) is 3.22. The largest absolute Gasteiger partial charge is 0.478 e. The number of carboxylic acids is 1. The SMILES string of the molecule is O=C(O)c1cc(F)c(F)cc1NC(=O)[C@@H]1CCCNC1. The highest BCUT2D eigenvalue weighted by atomic mass is 19.2. The average Bonchev–Trinajstić information content (AvgIpc) is 2.43. The molecule has 1 amide bonds. The summed E-state index contributed by atoms with van der Waals surface area (Å²) in [6.07, 6.45) is 1.51. The molecule has 1 saturated heterocycles. The molecule has 1 fully saturated rings. The molecule has 0 aliphatic carbocycles. The van der Waals surface area contributed by atoms with Gasteiger partial charge in [-0.2, -0.15) is 0 Å². The maximum atomic E-state index is 13.2. The summed E-state index contributed by atoms with van der Waals surface area (Å²) in [7, 11) is 0. The maximum absolute atomic E-state index is 13.2. The minimum atomic E-state index is -1.43. The van der Waals surface area contributed by atoms with E-state index in [1.165, 1.54) is 0 Å². The van der Waals surface area contributed by atoms with Crippen LogP contribution in [0.2, 0.25) is 0 Å². The van der Waals surface area contributed by atoms with Crippen molar-refractivity contribution in [2.45, 2.75) is 12.8 Å². The van der Waals surface area contributed by atoms with E-state index in [9.17, 15) is 18.4 Å². The van der Waals surface area contributed by atoms with Crippen LogP contribution in [0.5, 0.6) is 0 Å². The molecule has 1 heterocycles. The molecule has 20 heavy (non-hydrogen) atoms. The summed E-state index contributed by atoms with van der Waals surface area (Å²) >= 11 is 0. The number of amides is 1. The van der Waals surface area contributed by atoms with Crippen LogP contribution in [0.25, 0.3) is 0 Å². The summed E-state index contributed by atoms with van der Waals surface area (Å²) in [4.78, 5) is 23.0. The van der Waals surface area contributed by atoms with Gasteiger partial charge >= 0.3 is 5.97 Å². The van der Waals surface area contributed by atoms with Crippen LogP contribution in [0.4, 0.5) is 14.5 Å². The van der Waals surface area contributed by atoms with Gasteiger partial charge in [0.15, 0.2) is 11.6 Å². The zero-order valence-electron chi connectivity index (χ0n) is 10.6. The van der Waals surface area contributed by atoms with Crippen LogP contribution in [-0.2, 0) is 4.79 Å². The Morgan fingerprint density at radius 2 is 2.00 bits per heavy atom. The van der Waals surface area contributed by atoms with Crippen molar-refractivity contribution in [3.63, 3.8) is 0 Å². The lowest BCUT2D eigenvalue weighted by Gasteiger charge is -2.22. The van der Waals surface area contributed by atoms with Crippen molar-refractivity contribution in [3.8, 4) is 0 Å². The minimum Gasteiger partial charge on any atom is -0.478 e. The Balaban J connectivity index is 2.21. The molecule has 1 atom stereocenters. The molecule has 1 aromatic carbocycles. The molecular weight excluding hydrogens is 270 g/mol. The van der Waals surface area contributed by atoms with Gasteiger partial charge in [-0.25, -0.2) is 13.6 Å². The Labute approximate surface area is 114 Å². The predicted octanol–water partition coefficient (Wildman–Crippen LogP) is 1.60. The van der Waals surface area contributed by atoms with Crippen LogP contribution < -0.4 is 10.6 Å². The monoisotopic (exact) mass is 284 g/mol. The molecule has 7 heteroatoms. The molecule has 1 aromatic rings. The molecule has 108 valence electrons. The van der Waals surface area contributed by atoms with Gasteiger partial charge in [-0.15, -0.1) is 0 Å². The van der Waals surface area contributed by atoms with E-state index in [0.29, 0.717) is 25.1 Å². The molecule has 0 radical (unpaired) electrons. The zero-order valence-corrected chi connectivity index (χ0v) is 10.6. The van der Waals surface area contributed by atoms with E-state index in [1.807, 2.05) is 0 Å². The molecule has 1 aliphatic rings. The topological polar surface area (TPSA) is 78.4 Å². The van der Waals surface area contributed by atoms with Gasteiger partial charge in [0.25, 0.3) is 0 Å². The van der Waals surface area contributed by atoms with Crippen molar-refractivity contribution < 1.29 is 23.5 Å². The van der Waals surface area contributed by atoms with Crippen molar-refractivity contribution in [2.24, 2.45) is 5.92 Å². The number of hydrogen-bond donors (Lipinski definition) is 3. The molecule has 2 rings (SSSR count). The fourth-order valence-electron chi connectivity index (χ4n) is 2.14. The molecule has 0 unspecified atom stereocenters. The van der Waals surface area contributed by atoms with E-state index in [0.717, 1.165) is 13.0 Å². The fraction of sp³-hybridized carbons (Fsp3) is 0.385. The standard InChI is InChI=1S/C13H14F2N2O3/c14-9-4-8(13(19)20)11(5-10(9)15)17-12(18)7-2-1-3-16-6-7/h4-5,7,16H,1-3,6H2,(H,17,18)(H,19,20)/t7-/m1/s1. The smallest absolute Gasteiger partial charge is 0.337 e. The Kier molecular flexibility index (Phi) is 4.29. The van der Waals surface area contributed by atoms with E-state index in [-0.39, 0.29) is 11.6 Å². The number of halogens is 2. The second-order valence-corrected chi connectivity index (χ2v) is 4.65. The highest BCUT2D eigenvalue weighted by Gasteiger charge is 2.23. The van der Waals surface area contributed by atoms with Gasteiger partial charge in [0.2, 0.25) is 5.91 Å². The van der Waals surface area contributed by atoms with Gasteiger partial charge in [0, 0.05) is 12.6 Å². The lowest BCUT2D eigenvalue weighted by Crippen LogP contribution is -2.37. The molecule has 0 aromatic heterocycles. The first kappa shape index (κ1) is 14.4. The second kappa shape index (κ2) is 5.96. The Morgan fingerprint density at radius 1 is 1.30 bits per heavy atom. The third kappa shape index (κ3) is 3.11. The van der Waals surface area contributed by atoms with Crippen molar-refractivity contribution >= 4 is 17.6 Å². The van der Waals surface area contributed by atoms with Crippen molar-refractivity contribution in [2.75, 3.05) is 18.4 Å².